The van der Waals surface area contributed by atoms with Gasteiger partial charge in [-0.05, 0) is 30.7 Å². The molecule has 7 nitrogen and oxygen atoms in total. The maximum Gasteiger partial charge on any atom is 0.247 e. The van der Waals surface area contributed by atoms with E-state index in [0.717, 1.165) is 35.4 Å². The number of rotatable bonds is 4. The molecule has 0 radical (unpaired) electrons. The number of amides is 1. The molecule has 0 spiro atoms. The Morgan fingerprint density at radius 3 is 2.50 bits per heavy atom. The van der Waals surface area contributed by atoms with Gasteiger partial charge in [-0.25, -0.2) is 9.67 Å². The molecule has 1 aromatic carbocycles. The maximum absolute atomic E-state index is 12.6. The third-order valence-corrected chi connectivity index (χ3v) is 5.23. The van der Waals surface area contributed by atoms with Crippen LogP contribution >= 0.6 is 0 Å². The van der Waals surface area contributed by atoms with E-state index in [1.165, 1.54) is 4.68 Å². The van der Waals surface area contributed by atoms with Crippen LogP contribution in [0, 0.1) is 6.92 Å². The summed E-state index contributed by atoms with van der Waals surface area (Å²) in [5.41, 5.74) is 1.87. The molecule has 0 bridgehead atoms. The number of aryl methyl sites for hydroxylation is 1. The molecule has 0 aliphatic carbocycles. The predicted molar refractivity (Wildman–Crippen MR) is 107 cm³/mol. The molecule has 0 unspecified atom stereocenters. The van der Waals surface area contributed by atoms with E-state index in [1.54, 1.807) is 12.4 Å². The Morgan fingerprint density at radius 2 is 1.75 bits per heavy atom. The average molecular weight is 377 g/mol. The molecule has 3 aromatic rings. The molecule has 2 aromatic heterocycles. The summed E-state index contributed by atoms with van der Waals surface area (Å²) in [6.45, 7) is 4.79. The zero-order valence-electron chi connectivity index (χ0n) is 15.9. The number of nitrogens with zero attached hydrogens (tertiary/aromatic N) is 5. The second-order valence-corrected chi connectivity index (χ2v) is 7.01. The zero-order chi connectivity index (χ0) is 19.5. The van der Waals surface area contributed by atoms with Gasteiger partial charge in [-0.3, -0.25) is 9.59 Å². The van der Waals surface area contributed by atoms with Crippen LogP contribution in [0.1, 0.15) is 23.2 Å². The fourth-order valence-electron chi connectivity index (χ4n) is 3.60. The lowest BCUT2D eigenvalue weighted by Gasteiger charge is -2.35. The summed E-state index contributed by atoms with van der Waals surface area (Å²) in [5, 5.41) is 5.18. The first-order valence-electron chi connectivity index (χ1n) is 9.54. The molecule has 0 saturated carbocycles. The first kappa shape index (κ1) is 18.2. The molecule has 3 heterocycles. The Bertz CT molecular complexity index is 990. The first-order valence-corrected chi connectivity index (χ1v) is 9.54. The highest BCUT2D eigenvalue weighted by molar-refractivity contribution is 5.93. The van der Waals surface area contributed by atoms with E-state index in [0.29, 0.717) is 13.1 Å². The zero-order valence-corrected chi connectivity index (χ0v) is 15.9. The van der Waals surface area contributed by atoms with Gasteiger partial charge in [-0.1, -0.05) is 18.2 Å². The number of hydrogen-bond donors (Lipinski definition) is 0. The van der Waals surface area contributed by atoms with Crippen molar-refractivity contribution >= 4 is 28.5 Å². The normalized spacial score (nSPS) is 14.5. The molecule has 4 rings (SSSR count). The Morgan fingerprint density at radius 1 is 0.964 bits per heavy atom. The Labute approximate surface area is 163 Å². The molecule has 28 heavy (non-hydrogen) atoms. The van der Waals surface area contributed by atoms with Gasteiger partial charge in [0.05, 0.1) is 11.7 Å². The lowest BCUT2D eigenvalue weighted by atomic mass is 10.1. The van der Waals surface area contributed by atoms with Crippen molar-refractivity contribution < 1.29 is 9.59 Å². The van der Waals surface area contributed by atoms with E-state index in [9.17, 15) is 9.59 Å². The molecular weight excluding hydrogens is 354 g/mol. The lowest BCUT2D eigenvalue weighted by Crippen LogP contribution is -2.49. The fourth-order valence-corrected chi connectivity index (χ4v) is 3.60. The van der Waals surface area contributed by atoms with Crippen molar-refractivity contribution in [1.82, 2.24) is 19.7 Å². The van der Waals surface area contributed by atoms with E-state index >= 15 is 0 Å². The predicted octanol–water partition coefficient (Wildman–Crippen LogP) is 2.51. The first-order chi connectivity index (χ1) is 13.6. The molecule has 1 saturated heterocycles. The van der Waals surface area contributed by atoms with Crippen molar-refractivity contribution in [2.45, 2.75) is 19.8 Å². The minimum absolute atomic E-state index is 0.0154. The van der Waals surface area contributed by atoms with Crippen molar-refractivity contribution in [3.05, 3.63) is 54.4 Å². The molecule has 0 N–H and O–H groups in total. The molecule has 7 heteroatoms. The Kier molecular flexibility index (Phi) is 5.06. The molecular formula is C21H23N5O2. The Balaban J connectivity index is 1.32. The monoisotopic (exact) mass is 377 g/mol. The largest absolute Gasteiger partial charge is 0.353 e. The van der Waals surface area contributed by atoms with Crippen molar-refractivity contribution in [3.63, 3.8) is 0 Å². The number of piperazine rings is 1. The second-order valence-electron chi connectivity index (χ2n) is 7.01. The van der Waals surface area contributed by atoms with Gasteiger partial charge in [0.25, 0.3) is 0 Å². The molecule has 144 valence electrons. The van der Waals surface area contributed by atoms with E-state index in [-0.39, 0.29) is 24.7 Å². The number of benzene rings is 1. The van der Waals surface area contributed by atoms with Crippen LogP contribution in [0.5, 0.6) is 0 Å². The van der Waals surface area contributed by atoms with Crippen LogP contribution in [-0.2, 0) is 4.79 Å². The number of anilines is 1. The summed E-state index contributed by atoms with van der Waals surface area (Å²) in [7, 11) is 0. The summed E-state index contributed by atoms with van der Waals surface area (Å²) in [4.78, 5) is 33.5. The molecule has 1 fully saturated rings. The van der Waals surface area contributed by atoms with Crippen molar-refractivity contribution in [1.29, 1.82) is 0 Å². The van der Waals surface area contributed by atoms with Crippen LogP contribution in [0.2, 0.25) is 0 Å². The number of pyridine rings is 1. The third-order valence-electron chi connectivity index (χ3n) is 5.23. The van der Waals surface area contributed by atoms with E-state index in [2.05, 4.69) is 15.0 Å². The van der Waals surface area contributed by atoms with Gasteiger partial charge in [-0.15, -0.1) is 0 Å². The highest BCUT2D eigenvalue weighted by Gasteiger charge is 2.22. The van der Waals surface area contributed by atoms with Gasteiger partial charge in [0.15, 0.2) is 0 Å². The minimum atomic E-state index is -0.152. The van der Waals surface area contributed by atoms with Crippen LogP contribution in [0.4, 0.5) is 5.82 Å². The molecule has 1 aliphatic rings. The topological polar surface area (TPSA) is 71.3 Å². The number of hydrogen-bond acceptors (Lipinski definition) is 5. The highest BCUT2D eigenvalue weighted by Crippen LogP contribution is 2.18. The van der Waals surface area contributed by atoms with Crippen molar-refractivity contribution in [2.75, 3.05) is 31.1 Å². The van der Waals surface area contributed by atoms with Gasteiger partial charge >= 0.3 is 0 Å². The van der Waals surface area contributed by atoms with E-state index in [1.807, 2.05) is 48.2 Å². The van der Waals surface area contributed by atoms with Crippen LogP contribution in [-0.4, -0.2) is 57.7 Å². The van der Waals surface area contributed by atoms with Crippen LogP contribution in [0.15, 0.2) is 48.8 Å². The molecule has 1 amide bonds. The van der Waals surface area contributed by atoms with Crippen molar-refractivity contribution in [3.8, 4) is 0 Å². The summed E-state index contributed by atoms with van der Waals surface area (Å²) in [6, 6.07) is 11.6. The third kappa shape index (κ3) is 3.60. The quantitative estimate of drug-likeness (QED) is 0.699. The SMILES string of the molecule is Cc1cccc2c1cnn2C(=O)CCC(=O)N1CCN(c2ccccn2)CC1. The van der Waals surface area contributed by atoms with Crippen LogP contribution in [0.25, 0.3) is 10.9 Å². The summed E-state index contributed by atoms with van der Waals surface area (Å²) in [6.07, 6.45) is 3.85. The fraction of sp³-hybridized carbons (Fsp3) is 0.333. The average Bonchev–Trinajstić information content (AvgIpc) is 3.18. The number of fused-ring (bicyclic) bond motifs is 1. The number of carbonyl (C=O) groups excluding carboxylic acids is 2. The smallest absolute Gasteiger partial charge is 0.247 e. The molecule has 0 atom stereocenters. The maximum atomic E-state index is 12.6. The van der Waals surface area contributed by atoms with Gasteiger partial charge in [0.2, 0.25) is 11.8 Å². The highest BCUT2D eigenvalue weighted by atomic mass is 16.2. The van der Waals surface area contributed by atoms with Crippen LogP contribution in [0.3, 0.4) is 0 Å². The summed E-state index contributed by atoms with van der Waals surface area (Å²) in [5.74, 6) is 0.799. The van der Waals surface area contributed by atoms with Crippen LogP contribution < -0.4 is 4.90 Å². The Hall–Kier alpha value is -3.22. The van der Waals surface area contributed by atoms with Gasteiger partial charge in [0.1, 0.15) is 5.82 Å². The summed E-state index contributed by atoms with van der Waals surface area (Å²) >= 11 is 0. The minimum Gasteiger partial charge on any atom is -0.353 e. The van der Waals surface area contributed by atoms with Gasteiger partial charge in [0, 0.05) is 50.6 Å². The number of aromatic nitrogens is 3. The summed E-state index contributed by atoms with van der Waals surface area (Å²) < 4.78 is 1.41. The van der Waals surface area contributed by atoms with Crippen molar-refractivity contribution in [2.24, 2.45) is 0 Å². The van der Waals surface area contributed by atoms with Gasteiger partial charge < -0.3 is 9.80 Å². The standard InChI is InChI=1S/C21H23N5O2/c1-16-5-4-6-18-17(16)15-23-26(18)21(28)9-8-20(27)25-13-11-24(12-14-25)19-7-2-3-10-22-19/h2-7,10,15H,8-9,11-14H2,1H3. The number of carbonyl (C=O) groups is 2. The second kappa shape index (κ2) is 7.80. The molecule has 1 aliphatic heterocycles. The van der Waals surface area contributed by atoms with E-state index < -0.39 is 0 Å². The van der Waals surface area contributed by atoms with Gasteiger partial charge in [-0.2, -0.15) is 5.10 Å². The lowest BCUT2D eigenvalue weighted by molar-refractivity contribution is -0.131. The van der Waals surface area contributed by atoms with E-state index in [4.69, 9.17) is 0 Å².